The molecule has 1 atom stereocenters. The fourth-order valence-electron chi connectivity index (χ4n) is 1.65. The fourth-order valence-corrected chi connectivity index (χ4v) is 1.65. The van der Waals surface area contributed by atoms with Crippen LogP contribution in [0.3, 0.4) is 0 Å². The summed E-state index contributed by atoms with van der Waals surface area (Å²) in [4.78, 5) is 24.7. The number of aliphatic hydroxyl groups is 1. The summed E-state index contributed by atoms with van der Waals surface area (Å²) in [7, 11) is 0. The van der Waals surface area contributed by atoms with Crippen molar-refractivity contribution in [2.24, 2.45) is 5.41 Å². The second-order valence-corrected chi connectivity index (χ2v) is 5.65. The molecule has 0 spiro atoms. The normalized spacial score (nSPS) is 12.9. The van der Waals surface area contributed by atoms with E-state index in [1.165, 1.54) is 4.90 Å². The monoisotopic (exact) mass is 274 g/mol. The van der Waals surface area contributed by atoms with Gasteiger partial charge in [-0.15, -0.1) is 0 Å². The van der Waals surface area contributed by atoms with Crippen LogP contribution in [0.4, 0.5) is 4.79 Å². The summed E-state index contributed by atoms with van der Waals surface area (Å²) in [5.41, 5.74) is -0.572. The summed E-state index contributed by atoms with van der Waals surface area (Å²) >= 11 is 0. The Kier molecular flexibility index (Phi) is 7.44. The van der Waals surface area contributed by atoms with Crippen LogP contribution in [-0.2, 0) is 4.79 Å². The molecule has 3 N–H and O–H groups in total. The number of carboxylic acids is 1. The molecule has 0 bridgehead atoms. The van der Waals surface area contributed by atoms with E-state index >= 15 is 0 Å². The lowest BCUT2D eigenvalue weighted by Crippen LogP contribution is -2.53. The third-order valence-corrected chi connectivity index (χ3v) is 2.82. The smallest absolute Gasteiger partial charge is 0.326 e. The van der Waals surface area contributed by atoms with Crippen molar-refractivity contribution < 1.29 is 19.8 Å². The number of rotatable bonds is 7. The molecule has 19 heavy (non-hydrogen) atoms. The van der Waals surface area contributed by atoms with Gasteiger partial charge in [-0.2, -0.15) is 0 Å². The number of urea groups is 1. The molecule has 6 heteroatoms. The number of hydrogen-bond donors (Lipinski definition) is 3. The van der Waals surface area contributed by atoms with Crippen LogP contribution in [0.15, 0.2) is 0 Å². The first-order valence-corrected chi connectivity index (χ1v) is 6.63. The number of carbonyl (C=O) groups is 2. The Morgan fingerprint density at radius 2 is 1.84 bits per heavy atom. The molecule has 0 aromatic rings. The zero-order valence-corrected chi connectivity index (χ0v) is 12.3. The molecule has 0 heterocycles. The van der Waals surface area contributed by atoms with E-state index in [-0.39, 0.29) is 13.2 Å². The molecular weight excluding hydrogens is 248 g/mol. The van der Waals surface area contributed by atoms with Gasteiger partial charge >= 0.3 is 12.0 Å². The Labute approximate surface area is 114 Å². The highest BCUT2D eigenvalue weighted by Crippen LogP contribution is 2.19. The summed E-state index contributed by atoms with van der Waals surface area (Å²) in [6.07, 6.45) is 1.75. The van der Waals surface area contributed by atoms with E-state index < -0.39 is 23.5 Å². The van der Waals surface area contributed by atoms with Gasteiger partial charge in [0.15, 0.2) is 0 Å². The molecule has 0 aromatic heterocycles. The van der Waals surface area contributed by atoms with Crippen molar-refractivity contribution in [3.05, 3.63) is 0 Å². The molecule has 6 nitrogen and oxygen atoms in total. The summed E-state index contributed by atoms with van der Waals surface area (Å²) < 4.78 is 0. The number of hydrogen-bond acceptors (Lipinski definition) is 3. The van der Waals surface area contributed by atoms with Crippen LogP contribution >= 0.6 is 0 Å². The van der Waals surface area contributed by atoms with Crippen molar-refractivity contribution in [2.45, 2.75) is 46.6 Å². The van der Waals surface area contributed by atoms with Crippen LogP contribution in [0.2, 0.25) is 0 Å². The van der Waals surface area contributed by atoms with Crippen molar-refractivity contribution >= 4 is 12.0 Å². The van der Waals surface area contributed by atoms with E-state index in [0.29, 0.717) is 6.54 Å². The second kappa shape index (κ2) is 7.99. The summed E-state index contributed by atoms with van der Waals surface area (Å²) in [5, 5.41) is 20.6. The van der Waals surface area contributed by atoms with Crippen LogP contribution in [0, 0.1) is 5.41 Å². The molecule has 0 fully saturated rings. The lowest BCUT2D eigenvalue weighted by atomic mass is 9.87. The number of carbonyl (C=O) groups excluding carboxylic acids is 1. The lowest BCUT2D eigenvalue weighted by molar-refractivity contribution is -0.142. The number of aliphatic hydroxyl groups excluding tert-OH is 1. The van der Waals surface area contributed by atoms with Gasteiger partial charge in [0.05, 0.1) is 6.61 Å². The average Bonchev–Trinajstić information content (AvgIpc) is 2.29. The van der Waals surface area contributed by atoms with Gasteiger partial charge in [-0.1, -0.05) is 34.1 Å². The molecule has 0 aromatic carbocycles. The van der Waals surface area contributed by atoms with Gasteiger partial charge < -0.3 is 20.4 Å². The number of unbranched alkanes of at least 4 members (excludes halogenated alkanes) is 1. The van der Waals surface area contributed by atoms with Gasteiger partial charge in [0.2, 0.25) is 0 Å². The average molecular weight is 274 g/mol. The van der Waals surface area contributed by atoms with Gasteiger partial charge in [-0.3, -0.25) is 0 Å². The summed E-state index contributed by atoms with van der Waals surface area (Å²) in [6.45, 7) is 7.87. The van der Waals surface area contributed by atoms with Crippen molar-refractivity contribution in [1.29, 1.82) is 0 Å². The predicted octanol–water partition coefficient (Wildman–Crippen LogP) is 1.29. The van der Waals surface area contributed by atoms with Gasteiger partial charge in [0.1, 0.15) is 6.04 Å². The van der Waals surface area contributed by atoms with E-state index in [4.69, 9.17) is 10.2 Å². The maximum Gasteiger partial charge on any atom is 0.326 e. The third-order valence-electron chi connectivity index (χ3n) is 2.82. The zero-order valence-electron chi connectivity index (χ0n) is 12.3. The maximum absolute atomic E-state index is 12.0. The number of amides is 2. The minimum atomic E-state index is -1.06. The van der Waals surface area contributed by atoms with Crippen molar-refractivity contribution in [1.82, 2.24) is 10.2 Å². The Morgan fingerprint density at radius 1 is 1.26 bits per heavy atom. The molecule has 0 radical (unpaired) electrons. The molecule has 0 aliphatic heterocycles. The van der Waals surface area contributed by atoms with Gasteiger partial charge in [-0.25, -0.2) is 9.59 Å². The Balaban J connectivity index is 4.71. The zero-order chi connectivity index (χ0) is 15.1. The predicted molar refractivity (Wildman–Crippen MR) is 73.0 cm³/mol. The van der Waals surface area contributed by atoms with E-state index in [1.807, 2.05) is 6.92 Å². The highest BCUT2D eigenvalue weighted by Gasteiger charge is 2.33. The van der Waals surface area contributed by atoms with Crippen LogP contribution in [0.1, 0.15) is 40.5 Å². The number of carboxylic acid groups (broad SMARTS) is 1. The van der Waals surface area contributed by atoms with Crippen LogP contribution < -0.4 is 5.32 Å². The summed E-state index contributed by atoms with van der Waals surface area (Å²) in [5.74, 6) is -1.06. The first kappa shape index (κ1) is 17.7. The van der Waals surface area contributed by atoms with Crippen molar-refractivity contribution in [2.75, 3.05) is 19.7 Å². The SMILES string of the molecule is CCCCN(CCO)C(=O)NC(C(=O)O)C(C)(C)C. The van der Waals surface area contributed by atoms with Crippen LogP contribution in [0.25, 0.3) is 0 Å². The van der Waals surface area contributed by atoms with Crippen molar-refractivity contribution in [3.63, 3.8) is 0 Å². The number of aliphatic carboxylic acids is 1. The van der Waals surface area contributed by atoms with Gasteiger partial charge in [0.25, 0.3) is 0 Å². The number of nitrogens with one attached hydrogen (secondary N) is 1. The molecule has 1 unspecified atom stereocenters. The lowest BCUT2D eigenvalue weighted by Gasteiger charge is -2.31. The third kappa shape index (κ3) is 6.42. The Morgan fingerprint density at radius 3 is 2.21 bits per heavy atom. The second-order valence-electron chi connectivity index (χ2n) is 5.65. The van der Waals surface area contributed by atoms with Crippen molar-refractivity contribution in [3.8, 4) is 0 Å². The van der Waals surface area contributed by atoms with E-state index in [0.717, 1.165) is 12.8 Å². The first-order valence-electron chi connectivity index (χ1n) is 6.63. The molecule has 2 amide bonds. The molecule has 0 saturated carbocycles. The topological polar surface area (TPSA) is 89.9 Å². The standard InChI is InChI=1S/C13H26N2O4/c1-5-6-7-15(8-9-16)12(19)14-10(11(17)18)13(2,3)4/h10,16H,5-9H2,1-4H3,(H,14,19)(H,17,18). The number of nitrogens with zero attached hydrogens (tertiary/aromatic N) is 1. The molecule has 0 aliphatic carbocycles. The van der Waals surface area contributed by atoms with Crippen LogP contribution in [0.5, 0.6) is 0 Å². The largest absolute Gasteiger partial charge is 0.480 e. The van der Waals surface area contributed by atoms with E-state index in [9.17, 15) is 9.59 Å². The van der Waals surface area contributed by atoms with Gasteiger partial charge in [0, 0.05) is 13.1 Å². The highest BCUT2D eigenvalue weighted by molar-refractivity contribution is 5.83. The van der Waals surface area contributed by atoms with Gasteiger partial charge in [-0.05, 0) is 11.8 Å². The molecule has 0 rings (SSSR count). The Hall–Kier alpha value is -1.30. The molecule has 112 valence electrons. The van der Waals surface area contributed by atoms with E-state index in [1.54, 1.807) is 20.8 Å². The first-order chi connectivity index (χ1) is 8.73. The molecule has 0 aliphatic rings. The minimum Gasteiger partial charge on any atom is -0.480 e. The minimum absolute atomic E-state index is 0.135. The molecule has 0 saturated heterocycles. The summed E-state index contributed by atoms with van der Waals surface area (Å²) in [6, 6.07) is -1.40. The fraction of sp³-hybridized carbons (Fsp3) is 0.846. The highest BCUT2D eigenvalue weighted by atomic mass is 16.4. The Bertz CT molecular complexity index is 300. The maximum atomic E-state index is 12.0. The van der Waals surface area contributed by atoms with Crippen LogP contribution in [-0.4, -0.2) is 52.9 Å². The van der Waals surface area contributed by atoms with E-state index in [2.05, 4.69) is 5.32 Å². The quantitative estimate of drug-likeness (QED) is 0.652. The molecular formula is C13H26N2O4.